The van der Waals surface area contributed by atoms with Gasteiger partial charge in [-0.3, -0.25) is 14.4 Å². The van der Waals surface area contributed by atoms with Crippen molar-refractivity contribution < 1.29 is 37.0 Å². The second-order valence-electron chi connectivity index (χ2n) is 7.30. The first-order valence-electron chi connectivity index (χ1n) is 9.38. The Kier molecular flexibility index (Phi) is 5.89. The van der Waals surface area contributed by atoms with E-state index in [1.807, 2.05) is 0 Å². The quantitative estimate of drug-likeness (QED) is 0.540. The van der Waals surface area contributed by atoms with E-state index < -0.39 is 41.3 Å². The minimum absolute atomic E-state index is 0.0509. The molecule has 0 saturated heterocycles. The zero-order valence-electron chi connectivity index (χ0n) is 17.3. The van der Waals surface area contributed by atoms with Gasteiger partial charge in [-0.15, -0.1) is 0 Å². The molecule has 6 nitrogen and oxygen atoms in total. The Morgan fingerprint density at radius 3 is 2.10 bits per heavy atom. The molecule has 0 radical (unpaired) electrons. The Morgan fingerprint density at radius 1 is 1.00 bits per heavy atom. The molecule has 1 aromatic carbocycles. The summed E-state index contributed by atoms with van der Waals surface area (Å²) in [5, 5.41) is 0. The molecule has 164 valence electrons. The number of ketones is 1. The van der Waals surface area contributed by atoms with Crippen LogP contribution in [-0.4, -0.2) is 36.9 Å². The molecule has 0 N–H and O–H groups in total. The number of halogens is 3. The van der Waals surface area contributed by atoms with E-state index in [2.05, 4.69) is 4.98 Å². The lowest BCUT2D eigenvalue weighted by Crippen LogP contribution is -2.27. The monoisotopic (exact) mass is 435 g/mol. The number of esters is 2. The highest BCUT2D eigenvalue weighted by atomic mass is 19.4. The average molecular weight is 435 g/mol. The number of alkyl halides is 3. The van der Waals surface area contributed by atoms with Gasteiger partial charge in [-0.2, -0.15) is 13.2 Å². The number of ether oxygens (including phenoxy) is 2. The summed E-state index contributed by atoms with van der Waals surface area (Å²) >= 11 is 0. The van der Waals surface area contributed by atoms with Crippen molar-refractivity contribution in [3.8, 4) is 0 Å². The van der Waals surface area contributed by atoms with Gasteiger partial charge in [0.15, 0.2) is 0 Å². The molecule has 0 spiro atoms. The number of carbonyl (C=O) groups excluding carboxylic acids is 3. The predicted octanol–water partition coefficient (Wildman–Crippen LogP) is 3.55. The highest BCUT2D eigenvalue weighted by Crippen LogP contribution is 2.43. The Balaban J connectivity index is 2.07. The normalized spacial score (nSPS) is 17.8. The second kappa shape index (κ2) is 8.13. The van der Waals surface area contributed by atoms with Gasteiger partial charge in [-0.05, 0) is 49.1 Å². The fourth-order valence-corrected chi connectivity index (χ4v) is 4.04. The minimum Gasteiger partial charge on any atom is -0.469 e. The molecule has 0 fully saturated rings. The maximum Gasteiger partial charge on any atom is 0.416 e. The maximum atomic E-state index is 13.0. The SMILES string of the molecule is COC(=O)C1Cc2c(C)c(C(=O)c3ccc(C(F)(F)F)cc3)nc(C)c2C1C(=O)OC. The summed E-state index contributed by atoms with van der Waals surface area (Å²) in [6, 6.07) is 3.87. The van der Waals surface area contributed by atoms with Gasteiger partial charge >= 0.3 is 18.1 Å². The molecule has 0 amide bonds. The average Bonchev–Trinajstić information content (AvgIpc) is 3.15. The van der Waals surface area contributed by atoms with Crippen molar-refractivity contribution in [1.82, 2.24) is 4.98 Å². The highest BCUT2D eigenvalue weighted by Gasteiger charge is 2.46. The lowest BCUT2D eigenvalue weighted by Gasteiger charge is -2.17. The molecule has 31 heavy (non-hydrogen) atoms. The summed E-state index contributed by atoms with van der Waals surface area (Å²) < 4.78 is 48.1. The topological polar surface area (TPSA) is 82.6 Å². The third-order valence-corrected chi connectivity index (χ3v) is 5.59. The molecule has 2 unspecified atom stereocenters. The standard InChI is InChI=1S/C22H20F3NO5/c1-10-14-9-15(20(28)30-3)17(21(29)31-4)16(14)11(2)26-18(10)19(27)12-5-7-13(8-6-12)22(23,24)25/h5-8,15,17H,9H2,1-4H3. The Morgan fingerprint density at radius 2 is 1.58 bits per heavy atom. The van der Waals surface area contributed by atoms with Gasteiger partial charge in [0.05, 0.1) is 31.6 Å². The Labute approximate surface area is 176 Å². The first-order chi connectivity index (χ1) is 14.5. The summed E-state index contributed by atoms with van der Waals surface area (Å²) in [7, 11) is 2.43. The number of rotatable bonds is 4. The number of methoxy groups -OCH3 is 2. The number of benzene rings is 1. The van der Waals surface area contributed by atoms with Crippen molar-refractivity contribution in [3.05, 3.63) is 63.5 Å². The fourth-order valence-electron chi connectivity index (χ4n) is 4.04. The third kappa shape index (κ3) is 3.92. The first-order valence-corrected chi connectivity index (χ1v) is 9.38. The van der Waals surface area contributed by atoms with E-state index in [1.165, 1.54) is 14.2 Å². The molecule has 2 aromatic rings. The van der Waals surface area contributed by atoms with Crippen LogP contribution in [0.1, 0.15) is 49.9 Å². The molecule has 0 bridgehead atoms. The zero-order chi connectivity index (χ0) is 23.1. The molecule has 3 rings (SSSR count). The van der Waals surface area contributed by atoms with E-state index in [9.17, 15) is 27.6 Å². The minimum atomic E-state index is -4.51. The molecule has 0 saturated carbocycles. The van der Waals surface area contributed by atoms with Crippen LogP contribution in [0.25, 0.3) is 0 Å². The molecule has 2 atom stereocenters. The van der Waals surface area contributed by atoms with Gasteiger partial charge < -0.3 is 9.47 Å². The number of pyridine rings is 1. The molecule has 0 aliphatic heterocycles. The fraction of sp³-hybridized carbons (Fsp3) is 0.364. The van der Waals surface area contributed by atoms with Gasteiger partial charge in [0, 0.05) is 11.3 Å². The lowest BCUT2D eigenvalue weighted by atomic mass is 9.91. The van der Waals surface area contributed by atoms with Crippen LogP contribution in [0.2, 0.25) is 0 Å². The summed E-state index contributed by atoms with van der Waals surface area (Å²) in [6.45, 7) is 3.24. The number of nitrogens with zero attached hydrogens (tertiary/aromatic N) is 1. The third-order valence-electron chi connectivity index (χ3n) is 5.59. The number of carbonyl (C=O) groups is 3. The second-order valence-corrected chi connectivity index (χ2v) is 7.30. The van der Waals surface area contributed by atoms with E-state index in [0.29, 0.717) is 22.4 Å². The van der Waals surface area contributed by atoms with Crippen LogP contribution in [0.4, 0.5) is 13.2 Å². The van der Waals surface area contributed by atoms with Crippen molar-refractivity contribution in [2.45, 2.75) is 32.4 Å². The maximum absolute atomic E-state index is 13.0. The largest absolute Gasteiger partial charge is 0.469 e. The van der Waals surface area contributed by atoms with Gasteiger partial charge in [-0.25, -0.2) is 4.98 Å². The molecule has 9 heteroatoms. The van der Waals surface area contributed by atoms with Crippen LogP contribution in [0.5, 0.6) is 0 Å². The van der Waals surface area contributed by atoms with E-state index in [0.717, 1.165) is 24.3 Å². The van der Waals surface area contributed by atoms with E-state index in [-0.39, 0.29) is 17.7 Å². The van der Waals surface area contributed by atoms with E-state index in [1.54, 1.807) is 13.8 Å². The number of fused-ring (bicyclic) bond motifs is 1. The predicted molar refractivity (Wildman–Crippen MR) is 103 cm³/mol. The van der Waals surface area contributed by atoms with Crippen LogP contribution < -0.4 is 0 Å². The Hall–Kier alpha value is -3.23. The highest BCUT2D eigenvalue weighted by molar-refractivity contribution is 6.09. The molecular formula is C22H20F3NO5. The van der Waals surface area contributed by atoms with Crippen LogP contribution in [-0.2, 0) is 31.7 Å². The lowest BCUT2D eigenvalue weighted by molar-refractivity contribution is -0.153. The molecule has 1 aromatic heterocycles. The number of aryl methyl sites for hydroxylation is 1. The van der Waals surface area contributed by atoms with Gasteiger partial charge in [0.1, 0.15) is 5.69 Å². The van der Waals surface area contributed by atoms with Crippen molar-refractivity contribution >= 4 is 17.7 Å². The smallest absolute Gasteiger partial charge is 0.416 e. The first kappa shape index (κ1) is 22.5. The Bertz CT molecular complexity index is 1060. The molecular weight excluding hydrogens is 415 g/mol. The summed E-state index contributed by atoms with van der Waals surface area (Å²) in [5.41, 5.74) is 1.22. The van der Waals surface area contributed by atoms with Gasteiger partial charge in [0.2, 0.25) is 5.78 Å². The van der Waals surface area contributed by atoms with Crippen molar-refractivity contribution in [2.24, 2.45) is 5.92 Å². The van der Waals surface area contributed by atoms with Gasteiger partial charge in [0.25, 0.3) is 0 Å². The van der Waals surface area contributed by atoms with Crippen molar-refractivity contribution in [1.29, 1.82) is 0 Å². The van der Waals surface area contributed by atoms with Crippen LogP contribution in [0.15, 0.2) is 24.3 Å². The molecule has 1 heterocycles. The molecule has 1 aliphatic carbocycles. The number of hydrogen-bond acceptors (Lipinski definition) is 6. The molecule has 1 aliphatic rings. The van der Waals surface area contributed by atoms with Crippen LogP contribution in [0, 0.1) is 19.8 Å². The summed E-state index contributed by atoms with van der Waals surface area (Å²) in [5.74, 6) is -3.47. The zero-order valence-corrected chi connectivity index (χ0v) is 17.3. The van der Waals surface area contributed by atoms with E-state index in [4.69, 9.17) is 9.47 Å². The van der Waals surface area contributed by atoms with Gasteiger partial charge in [-0.1, -0.05) is 12.1 Å². The number of aromatic nitrogens is 1. The van der Waals surface area contributed by atoms with Crippen LogP contribution >= 0.6 is 0 Å². The number of hydrogen-bond donors (Lipinski definition) is 0. The van der Waals surface area contributed by atoms with Crippen LogP contribution in [0.3, 0.4) is 0 Å². The summed E-state index contributed by atoms with van der Waals surface area (Å²) in [4.78, 5) is 42.0. The summed E-state index contributed by atoms with van der Waals surface area (Å²) in [6.07, 6.45) is -4.35. The van der Waals surface area contributed by atoms with E-state index >= 15 is 0 Å². The van der Waals surface area contributed by atoms with Crippen molar-refractivity contribution in [3.63, 3.8) is 0 Å². The van der Waals surface area contributed by atoms with Crippen molar-refractivity contribution in [2.75, 3.05) is 14.2 Å².